The smallest absolute Gasteiger partial charge is 0.272 e. The van der Waals surface area contributed by atoms with E-state index in [-0.39, 0.29) is 17.6 Å². The van der Waals surface area contributed by atoms with E-state index in [0.717, 1.165) is 0 Å². The van der Waals surface area contributed by atoms with Crippen LogP contribution in [0.3, 0.4) is 0 Å². The van der Waals surface area contributed by atoms with Crippen LogP contribution in [0, 0.1) is 0 Å². The van der Waals surface area contributed by atoms with Gasteiger partial charge in [-0.2, -0.15) is 0 Å². The van der Waals surface area contributed by atoms with Gasteiger partial charge in [0.05, 0.1) is 0 Å². The van der Waals surface area contributed by atoms with Crippen molar-refractivity contribution in [3.05, 3.63) is 17.8 Å². The fourth-order valence-electron chi connectivity index (χ4n) is 1.33. The van der Waals surface area contributed by atoms with E-state index in [0.29, 0.717) is 5.82 Å². The highest BCUT2D eigenvalue weighted by Crippen LogP contribution is 2.01. The van der Waals surface area contributed by atoms with Crippen molar-refractivity contribution in [3.63, 3.8) is 0 Å². The molecule has 1 rings (SSSR count). The van der Waals surface area contributed by atoms with E-state index in [4.69, 9.17) is 0 Å². The van der Waals surface area contributed by atoms with Gasteiger partial charge in [0, 0.05) is 13.1 Å². The van der Waals surface area contributed by atoms with Gasteiger partial charge in [-0.05, 0) is 32.9 Å². The van der Waals surface area contributed by atoms with Gasteiger partial charge in [0.25, 0.3) is 5.91 Å². The molecule has 0 spiro atoms. The second kappa shape index (κ2) is 6.67. The minimum atomic E-state index is -0.624. The number of carbonyl (C=O) groups is 2. The third-order valence-corrected chi connectivity index (χ3v) is 2.33. The normalized spacial score (nSPS) is 11.8. The Balaban J connectivity index is 2.60. The standard InChI is InChI=1S/C12H19N5O2/c1-7(2)14-11(18)8(3)15-12(19)9-5-6-10(13-4)17-16-9/h5-8H,1-4H3,(H,13,17)(H,14,18)(H,15,19). The van der Waals surface area contributed by atoms with E-state index < -0.39 is 11.9 Å². The highest BCUT2D eigenvalue weighted by molar-refractivity contribution is 5.95. The molecule has 7 heteroatoms. The molecule has 0 aliphatic heterocycles. The first kappa shape index (κ1) is 14.9. The Morgan fingerprint density at radius 1 is 1.11 bits per heavy atom. The lowest BCUT2D eigenvalue weighted by atomic mass is 10.2. The highest BCUT2D eigenvalue weighted by Gasteiger charge is 2.17. The molecule has 3 N–H and O–H groups in total. The van der Waals surface area contributed by atoms with Crippen LogP contribution in [-0.4, -0.2) is 41.1 Å². The van der Waals surface area contributed by atoms with E-state index in [1.165, 1.54) is 0 Å². The summed E-state index contributed by atoms with van der Waals surface area (Å²) in [5.41, 5.74) is 0.170. The van der Waals surface area contributed by atoms with Gasteiger partial charge in [-0.3, -0.25) is 9.59 Å². The number of aromatic nitrogens is 2. The molecule has 0 radical (unpaired) electrons. The van der Waals surface area contributed by atoms with Crippen LogP contribution in [-0.2, 0) is 4.79 Å². The second-order valence-electron chi connectivity index (χ2n) is 4.41. The van der Waals surface area contributed by atoms with Crippen molar-refractivity contribution in [2.75, 3.05) is 12.4 Å². The van der Waals surface area contributed by atoms with E-state index in [1.54, 1.807) is 26.1 Å². The number of nitrogens with one attached hydrogen (secondary N) is 3. The van der Waals surface area contributed by atoms with Gasteiger partial charge >= 0.3 is 0 Å². The highest BCUT2D eigenvalue weighted by atomic mass is 16.2. The lowest BCUT2D eigenvalue weighted by molar-refractivity contribution is -0.123. The number of amides is 2. The molecule has 2 amide bonds. The van der Waals surface area contributed by atoms with Crippen molar-refractivity contribution >= 4 is 17.6 Å². The lowest BCUT2D eigenvalue weighted by Crippen LogP contribution is -2.46. The summed E-state index contributed by atoms with van der Waals surface area (Å²) in [6.45, 7) is 5.33. The maximum Gasteiger partial charge on any atom is 0.272 e. The Hall–Kier alpha value is -2.18. The lowest BCUT2D eigenvalue weighted by Gasteiger charge is -2.15. The van der Waals surface area contributed by atoms with Gasteiger partial charge in [-0.15, -0.1) is 10.2 Å². The third-order valence-electron chi connectivity index (χ3n) is 2.33. The molecule has 104 valence electrons. The first-order chi connectivity index (χ1) is 8.93. The number of nitrogens with zero attached hydrogens (tertiary/aromatic N) is 2. The Labute approximate surface area is 112 Å². The van der Waals surface area contributed by atoms with Crippen LogP contribution in [0.1, 0.15) is 31.3 Å². The third kappa shape index (κ3) is 4.53. The molecule has 0 bridgehead atoms. The van der Waals surface area contributed by atoms with Crippen LogP contribution >= 0.6 is 0 Å². The predicted molar refractivity (Wildman–Crippen MR) is 71.8 cm³/mol. The summed E-state index contributed by atoms with van der Waals surface area (Å²) in [5.74, 6) is -0.0909. The second-order valence-corrected chi connectivity index (χ2v) is 4.41. The molecular weight excluding hydrogens is 246 g/mol. The van der Waals surface area contributed by atoms with Gasteiger partial charge in [0.2, 0.25) is 5.91 Å². The average Bonchev–Trinajstić information content (AvgIpc) is 2.37. The molecule has 1 atom stereocenters. The molecule has 19 heavy (non-hydrogen) atoms. The van der Waals surface area contributed by atoms with Crippen LogP contribution < -0.4 is 16.0 Å². The number of carbonyl (C=O) groups excluding carboxylic acids is 2. The van der Waals surface area contributed by atoms with E-state index in [2.05, 4.69) is 26.1 Å². The molecule has 1 aromatic heterocycles. The van der Waals surface area contributed by atoms with Crippen LogP contribution in [0.25, 0.3) is 0 Å². The summed E-state index contributed by atoms with van der Waals surface area (Å²) in [4.78, 5) is 23.5. The first-order valence-corrected chi connectivity index (χ1v) is 6.06. The summed E-state index contributed by atoms with van der Waals surface area (Å²) in [7, 11) is 1.71. The zero-order chi connectivity index (χ0) is 14.4. The predicted octanol–water partition coefficient (Wildman–Crippen LogP) is 0.161. The summed E-state index contributed by atoms with van der Waals surface area (Å²) in [5, 5.41) is 15.6. The molecule has 0 aromatic carbocycles. The van der Waals surface area contributed by atoms with Crippen molar-refractivity contribution in [1.29, 1.82) is 0 Å². The Morgan fingerprint density at radius 2 is 1.79 bits per heavy atom. The van der Waals surface area contributed by atoms with Crippen molar-refractivity contribution in [2.45, 2.75) is 32.9 Å². The molecule has 1 aromatic rings. The van der Waals surface area contributed by atoms with Crippen LogP contribution in [0.5, 0.6) is 0 Å². The summed E-state index contributed by atoms with van der Waals surface area (Å²) < 4.78 is 0. The molecule has 0 saturated heterocycles. The van der Waals surface area contributed by atoms with Crippen molar-refractivity contribution in [3.8, 4) is 0 Å². The zero-order valence-corrected chi connectivity index (χ0v) is 11.5. The van der Waals surface area contributed by atoms with Gasteiger partial charge in [0.15, 0.2) is 5.69 Å². The molecule has 0 aliphatic carbocycles. The van der Waals surface area contributed by atoms with Gasteiger partial charge in [-0.1, -0.05) is 0 Å². The van der Waals surface area contributed by atoms with E-state index in [9.17, 15) is 9.59 Å². The largest absolute Gasteiger partial charge is 0.372 e. The Bertz CT molecular complexity index is 444. The Kier molecular flexibility index (Phi) is 5.23. The monoisotopic (exact) mass is 265 g/mol. The quantitative estimate of drug-likeness (QED) is 0.705. The van der Waals surface area contributed by atoms with Crippen LogP contribution in [0.15, 0.2) is 12.1 Å². The number of hydrogen-bond donors (Lipinski definition) is 3. The van der Waals surface area contributed by atoms with Gasteiger partial charge < -0.3 is 16.0 Å². The number of anilines is 1. The fourth-order valence-corrected chi connectivity index (χ4v) is 1.33. The maximum absolute atomic E-state index is 11.8. The number of rotatable bonds is 5. The van der Waals surface area contributed by atoms with Crippen LogP contribution in [0.2, 0.25) is 0 Å². The summed E-state index contributed by atoms with van der Waals surface area (Å²) in [6.07, 6.45) is 0. The van der Waals surface area contributed by atoms with Crippen LogP contribution in [0.4, 0.5) is 5.82 Å². The minimum absolute atomic E-state index is 0.0292. The zero-order valence-electron chi connectivity index (χ0n) is 11.5. The van der Waals surface area contributed by atoms with Gasteiger partial charge in [0.1, 0.15) is 11.9 Å². The topological polar surface area (TPSA) is 96.0 Å². The molecule has 0 fully saturated rings. The summed E-state index contributed by atoms with van der Waals surface area (Å²) in [6, 6.07) is 2.59. The molecule has 1 unspecified atom stereocenters. The minimum Gasteiger partial charge on any atom is -0.372 e. The SMILES string of the molecule is CNc1ccc(C(=O)NC(C)C(=O)NC(C)C)nn1. The number of hydrogen-bond acceptors (Lipinski definition) is 5. The van der Waals surface area contributed by atoms with Crippen molar-refractivity contribution < 1.29 is 9.59 Å². The first-order valence-electron chi connectivity index (χ1n) is 6.06. The molecule has 1 heterocycles. The summed E-state index contributed by atoms with van der Waals surface area (Å²) >= 11 is 0. The molecule has 7 nitrogen and oxygen atoms in total. The van der Waals surface area contributed by atoms with E-state index in [1.807, 2.05) is 13.8 Å². The molecule has 0 aliphatic rings. The molecular formula is C12H19N5O2. The van der Waals surface area contributed by atoms with Crippen molar-refractivity contribution in [1.82, 2.24) is 20.8 Å². The molecule has 0 saturated carbocycles. The average molecular weight is 265 g/mol. The Morgan fingerprint density at radius 3 is 2.26 bits per heavy atom. The fraction of sp³-hybridized carbons (Fsp3) is 0.500. The van der Waals surface area contributed by atoms with E-state index >= 15 is 0 Å². The van der Waals surface area contributed by atoms with Crippen molar-refractivity contribution in [2.24, 2.45) is 0 Å². The maximum atomic E-state index is 11.8. The van der Waals surface area contributed by atoms with Gasteiger partial charge in [-0.25, -0.2) is 0 Å².